The lowest BCUT2D eigenvalue weighted by Gasteiger charge is -2.31. The zero-order chi connectivity index (χ0) is 24.9. The number of nitrogens with zero attached hydrogens (tertiary/aromatic N) is 4. The van der Waals surface area contributed by atoms with Gasteiger partial charge in [-0.15, -0.1) is 0 Å². The van der Waals surface area contributed by atoms with Crippen LogP contribution in [0.15, 0.2) is 34.0 Å². The van der Waals surface area contributed by atoms with Crippen LogP contribution in [0.25, 0.3) is 0 Å². The first-order valence-corrected chi connectivity index (χ1v) is 10.3. The van der Waals surface area contributed by atoms with Gasteiger partial charge in [-0.1, -0.05) is 11.6 Å². The molecule has 0 saturated heterocycles. The zero-order valence-corrected chi connectivity index (χ0v) is 18.9. The normalized spacial score (nSPS) is 14.6. The van der Waals surface area contributed by atoms with Crippen molar-refractivity contribution in [3.8, 4) is 11.6 Å². The van der Waals surface area contributed by atoms with Gasteiger partial charge < -0.3 is 19.8 Å². The van der Waals surface area contributed by atoms with Crippen LogP contribution >= 0.6 is 11.6 Å². The molecule has 1 N–H and O–H groups in total. The molecule has 182 valence electrons. The maximum atomic E-state index is 13.5. The summed E-state index contributed by atoms with van der Waals surface area (Å²) in [4.78, 5) is 21.6. The third-order valence-corrected chi connectivity index (χ3v) is 5.09. The third kappa shape index (κ3) is 5.81. The minimum atomic E-state index is -4.84. The van der Waals surface area contributed by atoms with Crippen molar-refractivity contribution in [2.75, 3.05) is 20.7 Å². The second-order valence-corrected chi connectivity index (χ2v) is 7.46. The van der Waals surface area contributed by atoms with E-state index in [0.717, 1.165) is 12.1 Å². The Balaban J connectivity index is 2.04. The number of allylic oxidation sites excluding steroid dienone is 2. The van der Waals surface area contributed by atoms with Crippen LogP contribution in [0, 0.1) is 5.82 Å². The van der Waals surface area contributed by atoms with Crippen molar-refractivity contribution in [1.29, 1.82) is 0 Å². The van der Waals surface area contributed by atoms with Crippen molar-refractivity contribution in [3.63, 3.8) is 0 Å². The van der Waals surface area contributed by atoms with E-state index >= 15 is 0 Å². The van der Waals surface area contributed by atoms with Gasteiger partial charge >= 0.3 is 6.18 Å². The lowest BCUT2D eigenvalue weighted by atomic mass is 10.0. The first-order chi connectivity index (χ1) is 16.2. The molecule has 0 unspecified atom stereocenters. The Morgan fingerprint density at radius 2 is 2.12 bits per heavy atom. The molecule has 0 aliphatic carbocycles. The number of aldehydes is 1. The number of methoxy groups -OCH3 is 1. The molecular weight excluding hydrogens is 482 g/mol. The van der Waals surface area contributed by atoms with Crippen molar-refractivity contribution in [1.82, 2.24) is 20.3 Å². The molecule has 1 aromatic carbocycles. The molecule has 0 saturated carbocycles. The van der Waals surface area contributed by atoms with E-state index in [1.54, 1.807) is 11.9 Å². The molecular formula is C21H20ClF4N5O3. The molecule has 0 bridgehead atoms. The average Bonchev–Trinajstić information content (AvgIpc) is 2.79. The summed E-state index contributed by atoms with van der Waals surface area (Å²) >= 11 is 6.06. The highest BCUT2D eigenvalue weighted by Gasteiger charge is 2.36. The molecule has 0 spiro atoms. The Hall–Kier alpha value is -3.25. The quantitative estimate of drug-likeness (QED) is 0.193. The van der Waals surface area contributed by atoms with E-state index in [0.29, 0.717) is 35.9 Å². The smallest absolute Gasteiger partial charge is 0.420 e. The van der Waals surface area contributed by atoms with Crippen LogP contribution in [0.5, 0.6) is 11.6 Å². The van der Waals surface area contributed by atoms with Gasteiger partial charge in [-0.2, -0.15) is 23.3 Å². The summed E-state index contributed by atoms with van der Waals surface area (Å²) in [6.45, 7) is 0.439. The standard InChI is InChI=1S/C21H20ClF4N5O3/c1-27-28-8-17(15(22)10-32)31-6-5-13-16(9-31)29-19(11-33-2)30-20(13)34-18-4-3-12(23)7-14(18)21(24,25)26/h3-4,7-8,10,27H,5-6,9,11H2,1-2H3/b17-15-,28-8-. The van der Waals surface area contributed by atoms with Gasteiger partial charge in [0, 0.05) is 26.3 Å². The molecule has 0 amide bonds. The molecule has 0 atom stereocenters. The summed E-state index contributed by atoms with van der Waals surface area (Å²) in [5, 5.41) is 3.82. The zero-order valence-electron chi connectivity index (χ0n) is 18.1. The molecule has 0 radical (unpaired) electrons. The molecule has 1 aromatic heterocycles. The predicted molar refractivity (Wildman–Crippen MR) is 115 cm³/mol. The fraction of sp³-hybridized carbons (Fsp3) is 0.333. The topological polar surface area (TPSA) is 88.9 Å². The highest BCUT2D eigenvalue weighted by Crippen LogP contribution is 2.39. The Morgan fingerprint density at radius 1 is 1.35 bits per heavy atom. The van der Waals surface area contributed by atoms with E-state index < -0.39 is 23.3 Å². The monoisotopic (exact) mass is 501 g/mol. The van der Waals surface area contributed by atoms with Crippen molar-refractivity contribution in [3.05, 3.63) is 57.4 Å². The van der Waals surface area contributed by atoms with Gasteiger partial charge in [0.15, 0.2) is 12.1 Å². The number of benzene rings is 1. The van der Waals surface area contributed by atoms with Crippen LogP contribution in [0.2, 0.25) is 0 Å². The van der Waals surface area contributed by atoms with E-state index in [1.165, 1.54) is 13.3 Å². The molecule has 34 heavy (non-hydrogen) atoms. The molecule has 1 aliphatic heterocycles. The van der Waals surface area contributed by atoms with Crippen LogP contribution in [0.1, 0.15) is 22.6 Å². The lowest BCUT2D eigenvalue weighted by molar-refractivity contribution is -0.138. The summed E-state index contributed by atoms with van der Waals surface area (Å²) in [6, 6.07) is 2.13. The summed E-state index contributed by atoms with van der Waals surface area (Å²) in [5.74, 6) is -1.56. The van der Waals surface area contributed by atoms with Gasteiger partial charge in [-0.05, 0) is 24.6 Å². The molecule has 2 heterocycles. The number of aromatic nitrogens is 2. The van der Waals surface area contributed by atoms with Gasteiger partial charge in [0.1, 0.15) is 28.8 Å². The van der Waals surface area contributed by atoms with Gasteiger partial charge in [-0.25, -0.2) is 9.37 Å². The van der Waals surface area contributed by atoms with E-state index in [-0.39, 0.29) is 36.3 Å². The number of hydrogen-bond acceptors (Lipinski definition) is 8. The van der Waals surface area contributed by atoms with E-state index in [1.807, 2.05) is 0 Å². The fourth-order valence-corrected chi connectivity index (χ4v) is 3.49. The lowest BCUT2D eigenvalue weighted by Crippen LogP contribution is -2.33. The van der Waals surface area contributed by atoms with Crippen molar-refractivity contribution < 1.29 is 31.8 Å². The predicted octanol–water partition coefficient (Wildman–Crippen LogP) is 3.79. The summed E-state index contributed by atoms with van der Waals surface area (Å²) in [6.07, 6.45) is -2.72. The second-order valence-electron chi connectivity index (χ2n) is 7.05. The fourth-order valence-electron chi connectivity index (χ4n) is 3.33. The first-order valence-electron chi connectivity index (χ1n) is 9.89. The van der Waals surface area contributed by atoms with Crippen LogP contribution in [0.4, 0.5) is 17.6 Å². The molecule has 3 rings (SSSR count). The van der Waals surface area contributed by atoms with E-state index in [9.17, 15) is 22.4 Å². The number of ether oxygens (including phenoxy) is 2. The maximum Gasteiger partial charge on any atom is 0.420 e. The summed E-state index contributed by atoms with van der Waals surface area (Å²) in [7, 11) is 2.99. The SMILES string of the molecule is CN/N=C\C(=C(\Cl)C=O)N1CCc2c(nc(COC)nc2Oc2ccc(F)cc2C(F)(F)F)C1. The van der Waals surface area contributed by atoms with E-state index in [2.05, 4.69) is 20.5 Å². The van der Waals surface area contributed by atoms with E-state index in [4.69, 9.17) is 21.1 Å². The third-order valence-electron chi connectivity index (χ3n) is 4.81. The van der Waals surface area contributed by atoms with Gasteiger partial charge in [0.05, 0.1) is 24.2 Å². The number of hydrogen-bond donors (Lipinski definition) is 1. The number of fused-ring (bicyclic) bond motifs is 1. The van der Waals surface area contributed by atoms with Gasteiger partial charge in [-0.3, -0.25) is 4.79 Å². The van der Waals surface area contributed by atoms with Crippen LogP contribution < -0.4 is 10.2 Å². The average molecular weight is 502 g/mol. The minimum Gasteiger partial charge on any atom is -0.438 e. The Kier molecular flexibility index (Phi) is 8.05. The molecule has 0 fully saturated rings. The number of halogens is 5. The van der Waals surface area contributed by atoms with Crippen LogP contribution in [-0.4, -0.2) is 48.1 Å². The molecule has 8 nitrogen and oxygen atoms in total. The second kappa shape index (κ2) is 10.8. The highest BCUT2D eigenvalue weighted by molar-refractivity contribution is 6.40. The van der Waals surface area contributed by atoms with Crippen LogP contribution in [0.3, 0.4) is 0 Å². The summed E-state index contributed by atoms with van der Waals surface area (Å²) < 4.78 is 64.5. The number of nitrogens with one attached hydrogen (secondary N) is 1. The number of carbonyl (C=O) groups is 1. The molecule has 1 aliphatic rings. The molecule has 13 heteroatoms. The van der Waals surface area contributed by atoms with Crippen LogP contribution in [-0.2, 0) is 35.3 Å². The number of alkyl halides is 3. The number of hydrazone groups is 1. The Bertz CT molecular complexity index is 1120. The van der Waals surface area contributed by atoms with Crippen molar-refractivity contribution >= 4 is 24.1 Å². The highest BCUT2D eigenvalue weighted by atomic mass is 35.5. The largest absolute Gasteiger partial charge is 0.438 e. The summed E-state index contributed by atoms with van der Waals surface area (Å²) in [5.41, 5.74) is 2.56. The number of carbonyl (C=O) groups excluding carboxylic acids is 1. The maximum absolute atomic E-state index is 13.5. The van der Waals surface area contributed by atoms with Crippen molar-refractivity contribution in [2.45, 2.75) is 25.7 Å². The Morgan fingerprint density at radius 3 is 2.76 bits per heavy atom. The number of rotatable bonds is 8. The molecule has 2 aromatic rings. The van der Waals surface area contributed by atoms with Crippen molar-refractivity contribution in [2.24, 2.45) is 5.10 Å². The van der Waals surface area contributed by atoms with Gasteiger partial charge in [0.25, 0.3) is 0 Å². The van der Waals surface area contributed by atoms with Gasteiger partial charge in [0.2, 0.25) is 5.88 Å². The Labute approximate surface area is 197 Å². The first kappa shape index (κ1) is 25.4. The minimum absolute atomic E-state index is 0.0296.